The third-order valence-electron chi connectivity index (χ3n) is 4.03. The summed E-state index contributed by atoms with van der Waals surface area (Å²) in [4.78, 5) is 14.4. The molecule has 3 aromatic rings. The normalized spacial score (nSPS) is 13.6. The van der Waals surface area contributed by atoms with Gasteiger partial charge in [0.25, 0.3) is 0 Å². The van der Waals surface area contributed by atoms with E-state index in [0.29, 0.717) is 5.56 Å². The fraction of sp³-hybridized carbons (Fsp3) is 0.211. The van der Waals surface area contributed by atoms with E-state index in [0.717, 1.165) is 22.2 Å². The number of fused-ring (bicyclic) bond motifs is 1. The van der Waals surface area contributed by atoms with E-state index in [4.69, 9.17) is 0 Å². The number of aromatic amines is 1. The summed E-state index contributed by atoms with van der Waals surface area (Å²) >= 11 is 0. The van der Waals surface area contributed by atoms with Crippen LogP contribution in [0.15, 0.2) is 54.6 Å². The molecule has 24 heavy (non-hydrogen) atoms. The molecule has 5 nitrogen and oxygen atoms in total. The van der Waals surface area contributed by atoms with Crippen molar-refractivity contribution < 1.29 is 15.0 Å². The Morgan fingerprint density at radius 3 is 2.46 bits per heavy atom. The lowest BCUT2D eigenvalue weighted by Crippen LogP contribution is -2.34. The number of hydrogen-bond donors (Lipinski definition) is 4. The Balaban J connectivity index is 2.06. The van der Waals surface area contributed by atoms with Crippen molar-refractivity contribution in [1.29, 1.82) is 0 Å². The number of carbonyl (C=O) groups is 1. The first-order valence-corrected chi connectivity index (χ1v) is 7.84. The lowest BCUT2D eigenvalue weighted by molar-refractivity contribution is -0.119. The van der Waals surface area contributed by atoms with Crippen molar-refractivity contribution in [2.75, 3.05) is 6.54 Å². The molecule has 1 heterocycles. The molecule has 2 atom stereocenters. The van der Waals surface area contributed by atoms with Crippen molar-refractivity contribution in [2.45, 2.75) is 19.1 Å². The van der Waals surface area contributed by atoms with Crippen LogP contribution < -0.4 is 5.32 Å². The van der Waals surface area contributed by atoms with Gasteiger partial charge in [-0.05, 0) is 11.6 Å². The lowest BCUT2D eigenvalue weighted by Gasteiger charge is -2.19. The topological polar surface area (TPSA) is 85.3 Å². The highest BCUT2D eigenvalue weighted by Crippen LogP contribution is 2.35. The maximum absolute atomic E-state index is 11.0. The summed E-state index contributed by atoms with van der Waals surface area (Å²) in [5, 5.41) is 24.4. The average molecular weight is 324 g/mol. The molecular weight excluding hydrogens is 304 g/mol. The predicted molar refractivity (Wildman–Crippen MR) is 93.4 cm³/mol. The quantitative estimate of drug-likeness (QED) is 0.581. The van der Waals surface area contributed by atoms with Crippen LogP contribution >= 0.6 is 0 Å². The highest BCUT2D eigenvalue weighted by atomic mass is 16.3. The van der Waals surface area contributed by atoms with Crippen LogP contribution in [0.5, 0.6) is 0 Å². The zero-order chi connectivity index (χ0) is 17.1. The minimum atomic E-state index is -1.12. The van der Waals surface area contributed by atoms with E-state index in [1.165, 1.54) is 6.92 Å². The fourth-order valence-corrected chi connectivity index (χ4v) is 2.86. The van der Waals surface area contributed by atoms with Crippen LogP contribution in [0, 0.1) is 0 Å². The predicted octanol–water partition coefficient (Wildman–Crippen LogP) is 2.37. The zero-order valence-electron chi connectivity index (χ0n) is 13.4. The number of benzene rings is 2. The summed E-state index contributed by atoms with van der Waals surface area (Å²) in [5.41, 5.74) is 3.22. The average Bonchev–Trinajstić information content (AvgIpc) is 2.99. The molecule has 0 aliphatic heterocycles. The van der Waals surface area contributed by atoms with Crippen LogP contribution in [0.1, 0.15) is 18.6 Å². The molecule has 0 saturated carbocycles. The largest absolute Gasteiger partial charge is 0.388 e. The summed E-state index contributed by atoms with van der Waals surface area (Å²) in [5.74, 6) is -0.247. The number of aromatic nitrogens is 1. The Kier molecular flexibility index (Phi) is 4.64. The molecule has 5 heteroatoms. The number of rotatable bonds is 5. The summed E-state index contributed by atoms with van der Waals surface area (Å²) in [6.07, 6.45) is -2.22. The SMILES string of the molecule is CC(=O)NCC(O)C(O)c1c(-c2ccccc2)[nH]c2ccccc12. The van der Waals surface area contributed by atoms with Gasteiger partial charge in [0.2, 0.25) is 5.91 Å². The molecule has 0 aliphatic rings. The molecule has 0 saturated heterocycles. The van der Waals surface area contributed by atoms with Gasteiger partial charge in [-0.15, -0.1) is 0 Å². The van der Waals surface area contributed by atoms with Crippen LogP contribution in [0.4, 0.5) is 0 Å². The van der Waals surface area contributed by atoms with E-state index in [-0.39, 0.29) is 12.5 Å². The molecule has 2 aromatic carbocycles. The Morgan fingerprint density at radius 1 is 1.08 bits per heavy atom. The van der Waals surface area contributed by atoms with Crippen LogP contribution in [0.3, 0.4) is 0 Å². The van der Waals surface area contributed by atoms with E-state index in [1.54, 1.807) is 0 Å². The third-order valence-corrected chi connectivity index (χ3v) is 4.03. The first-order valence-electron chi connectivity index (χ1n) is 7.84. The minimum Gasteiger partial charge on any atom is -0.388 e. The van der Waals surface area contributed by atoms with Gasteiger partial charge in [0.05, 0.1) is 5.69 Å². The van der Waals surface area contributed by atoms with Crippen molar-refractivity contribution in [2.24, 2.45) is 0 Å². The van der Waals surface area contributed by atoms with Crippen molar-refractivity contribution in [3.05, 3.63) is 60.2 Å². The molecule has 3 rings (SSSR count). The first kappa shape index (κ1) is 16.2. The van der Waals surface area contributed by atoms with Crippen molar-refractivity contribution >= 4 is 16.8 Å². The second-order valence-electron chi connectivity index (χ2n) is 5.77. The summed E-state index contributed by atoms with van der Waals surface area (Å²) in [6.45, 7) is 1.37. The fourth-order valence-electron chi connectivity index (χ4n) is 2.86. The van der Waals surface area contributed by atoms with Crippen LogP contribution in [-0.2, 0) is 4.79 Å². The molecule has 0 spiro atoms. The maximum Gasteiger partial charge on any atom is 0.216 e. The minimum absolute atomic E-state index is 0.00969. The van der Waals surface area contributed by atoms with Gasteiger partial charge in [-0.25, -0.2) is 0 Å². The Labute approximate surface area is 140 Å². The van der Waals surface area contributed by atoms with Gasteiger partial charge < -0.3 is 20.5 Å². The highest BCUT2D eigenvalue weighted by molar-refractivity contribution is 5.91. The van der Waals surface area contributed by atoms with E-state index >= 15 is 0 Å². The third kappa shape index (κ3) is 3.18. The van der Waals surface area contributed by atoms with Crippen LogP contribution in [-0.4, -0.2) is 33.8 Å². The molecule has 124 valence electrons. The van der Waals surface area contributed by atoms with E-state index < -0.39 is 12.2 Å². The molecule has 0 fully saturated rings. The molecule has 1 aromatic heterocycles. The van der Waals surface area contributed by atoms with E-state index in [9.17, 15) is 15.0 Å². The standard InChI is InChI=1S/C19H20N2O3/c1-12(22)20-11-16(23)19(24)17-14-9-5-6-10-15(14)21-18(17)13-7-3-2-4-8-13/h2-10,16,19,21,23-24H,11H2,1H3,(H,20,22). The highest BCUT2D eigenvalue weighted by Gasteiger charge is 2.25. The number of hydrogen-bond acceptors (Lipinski definition) is 3. The van der Waals surface area contributed by atoms with Crippen LogP contribution in [0.2, 0.25) is 0 Å². The molecule has 0 aliphatic carbocycles. The summed E-state index contributed by atoms with van der Waals surface area (Å²) < 4.78 is 0. The maximum atomic E-state index is 11.0. The van der Waals surface area contributed by atoms with Gasteiger partial charge in [0.15, 0.2) is 0 Å². The van der Waals surface area contributed by atoms with Crippen molar-refractivity contribution in [1.82, 2.24) is 10.3 Å². The molecule has 4 N–H and O–H groups in total. The number of H-pyrrole nitrogens is 1. The Morgan fingerprint density at radius 2 is 1.75 bits per heavy atom. The van der Waals surface area contributed by atoms with Gasteiger partial charge in [-0.1, -0.05) is 48.5 Å². The number of aliphatic hydroxyl groups is 2. The molecule has 0 bridgehead atoms. The molecular formula is C19H20N2O3. The van der Waals surface area contributed by atoms with Crippen molar-refractivity contribution in [3.63, 3.8) is 0 Å². The second-order valence-corrected chi connectivity index (χ2v) is 5.77. The number of para-hydroxylation sites is 1. The Hall–Kier alpha value is -2.63. The second kappa shape index (κ2) is 6.86. The van der Waals surface area contributed by atoms with Gasteiger partial charge in [-0.2, -0.15) is 0 Å². The van der Waals surface area contributed by atoms with Crippen molar-refractivity contribution in [3.8, 4) is 11.3 Å². The summed E-state index contributed by atoms with van der Waals surface area (Å²) in [6, 6.07) is 17.3. The number of aliphatic hydroxyl groups excluding tert-OH is 2. The number of nitrogens with one attached hydrogen (secondary N) is 2. The van der Waals surface area contributed by atoms with Gasteiger partial charge in [-0.3, -0.25) is 4.79 Å². The van der Waals surface area contributed by atoms with Crippen LogP contribution in [0.25, 0.3) is 22.2 Å². The molecule has 0 radical (unpaired) electrons. The lowest BCUT2D eigenvalue weighted by atomic mass is 9.97. The zero-order valence-corrected chi connectivity index (χ0v) is 13.4. The van der Waals surface area contributed by atoms with Gasteiger partial charge in [0.1, 0.15) is 12.2 Å². The Bertz CT molecular complexity index is 842. The summed E-state index contributed by atoms with van der Waals surface area (Å²) in [7, 11) is 0. The molecule has 2 unspecified atom stereocenters. The number of amides is 1. The van der Waals surface area contributed by atoms with Gasteiger partial charge >= 0.3 is 0 Å². The smallest absolute Gasteiger partial charge is 0.216 e. The number of carbonyl (C=O) groups excluding carboxylic acids is 1. The van der Waals surface area contributed by atoms with Gasteiger partial charge in [0, 0.05) is 29.9 Å². The first-order chi connectivity index (χ1) is 11.6. The monoisotopic (exact) mass is 324 g/mol. The van der Waals surface area contributed by atoms with E-state index in [1.807, 2.05) is 54.6 Å². The molecule has 1 amide bonds. The van der Waals surface area contributed by atoms with E-state index in [2.05, 4.69) is 10.3 Å².